The van der Waals surface area contributed by atoms with Gasteiger partial charge in [0.05, 0.1) is 26.2 Å². The van der Waals surface area contributed by atoms with E-state index in [1.807, 2.05) is 30.3 Å². The third-order valence-corrected chi connectivity index (χ3v) is 2.56. The molecule has 0 heterocycles. The Kier molecular flexibility index (Phi) is 9.26. The molecular weight excluding hydrogens is 258 g/mol. The number of para-hydroxylation sites is 1. The molecule has 0 saturated carbocycles. The van der Waals surface area contributed by atoms with Crippen molar-refractivity contribution in [2.24, 2.45) is 0 Å². The lowest BCUT2D eigenvalue weighted by Gasteiger charge is -2.07. The molecule has 112 valence electrons. The van der Waals surface area contributed by atoms with Crippen molar-refractivity contribution in [3.63, 3.8) is 0 Å². The van der Waals surface area contributed by atoms with E-state index in [-0.39, 0.29) is 5.97 Å². The van der Waals surface area contributed by atoms with E-state index in [0.717, 1.165) is 5.69 Å². The van der Waals surface area contributed by atoms with E-state index in [1.165, 1.54) is 0 Å². The Labute approximate surface area is 120 Å². The Bertz CT molecular complexity index is 356. The van der Waals surface area contributed by atoms with Crippen LogP contribution in [0.25, 0.3) is 0 Å². The van der Waals surface area contributed by atoms with Crippen LogP contribution in [0, 0.1) is 0 Å². The van der Waals surface area contributed by atoms with E-state index in [1.54, 1.807) is 7.11 Å². The van der Waals surface area contributed by atoms with Gasteiger partial charge in [-0.3, -0.25) is 4.79 Å². The Morgan fingerprint density at radius 1 is 1.10 bits per heavy atom. The summed E-state index contributed by atoms with van der Waals surface area (Å²) in [4.78, 5) is 11.4. The first kappa shape index (κ1) is 16.5. The number of carbonyl (C=O) groups is 1. The summed E-state index contributed by atoms with van der Waals surface area (Å²) in [6.07, 6.45) is 1.07. The van der Waals surface area contributed by atoms with Crippen LogP contribution in [0.4, 0.5) is 5.69 Å². The number of carbonyl (C=O) groups excluding carboxylic acids is 1. The maximum Gasteiger partial charge on any atom is 0.307 e. The standard InChI is InChI=1S/C15H23NO4/c1-18-12-13-19-10-5-11-20-15(17)8-9-16-14-6-3-2-4-7-14/h2-4,6-7,16H,5,8-13H2,1H3. The SMILES string of the molecule is COCCOCCCOC(=O)CCNc1ccccc1. The maximum absolute atomic E-state index is 11.4. The molecule has 0 spiro atoms. The van der Waals surface area contributed by atoms with Crippen LogP contribution >= 0.6 is 0 Å². The van der Waals surface area contributed by atoms with Crippen LogP contribution in [0.5, 0.6) is 0 Å². The molecule has 0 aliphatic carbocycles. The molecule has 0 fully saturated rings. The van der Waals surface area contributed by atoms with Gasteiger partial charge in [-0.05, 0) is 12.1 Å². The zero-order valence-corrected chi connectivity index (χ0v) is 12.0. The highest BCUT2D eigenvalue weighted by molar-refractivity contribution is 5.70. The quantitative estimate of drug-likeness (QED) is 0.497. The van der Waals surface area contributed by atoms with Crippen molar-refractivity contribution in [2.45, 2.75) is 12.8 Å². The molecule has 5 heteroatoms. The minimum atomic E-state index is -0.190. The zero-order valence-electron chi connectivity index (χ0n) is 12.0. The summed E-state index contributed by atoms with van der Waals surface area (Å²) >= 11 is 0. The van der Waals surface area contributed by atoms with Gasteiger partial charge in [0.25, 0.3) is 0 Å². The van der Waals surface area contributed by atoms with E-state index in [9.17, 15) is 4.79 Å². The Morgan fingerprint density at radius 3 is 2.65 bits per heavy atom. The van der Waals surface area contributed by atoms with Crippen LogP contribution in [0.3, 0.4) is 0 Å². The van der Waals surface area contributed by atoms with Crippen molar-refractivity contribution < 1.29 is 19.0 Å². The van der Waals surface area contributed by atoms with Crippen LogP contribution in [0.2, 0.25) is 0 Å². The van der Waals surface area contributed by atoms with Crippen LogP contribution in [0.1, 0.15) is 12.8 Å². The predicted octanol–water partition coefficient (Wildman–Crippen LogP) is 2.08. The topological polar surface area (TPSA) is 56.8 Å². The summed E-state index contributed by atoms with van der Waals surface area (Å²) in [5, 5.41) is 3.16. The van der Waals surface area contributed by atoms with Gasteiger partial charge in [0.1, 0.15) is 0 Å². The van der Waals surface area contributed by atoms with Crippen molar-refractivity contribution in [3.8, 4) is 0 Å². The van der Waals surface area contributed by atoms with Gasteiger partial charge in [-0.25, -0.2) is 0 Å². The van der Waals surface area contributed by atoms with Crippen molar-refractivity contribution in [1.82, 2.24) is 0 Å². The number of ether oxygens (including phenoxy) is 3. The molecule has 0 unspecified atom stereocenters. The molecule has 1 N–H and O–H groups in total. The van der Waals surface area contributed by atoms with Gasteiger partial charge in [-0.15, -0.1) is 0 Å². The molecule has 1 aromatic carbocycles. The van der Waals surface area contributed by atoms with Crippen molar-refractivity contribution in [3.05, 3.63) is 30.3 Å². The second-order valence-electron chi connectivity index (χ2n) is 4.22. The predicted molar refractivity (Wildman–Crippen MR) is 77.8 cm³/mol. The van der Waals surface area contributed by atoms with Gasteiger partial charge in [0.15, 0.2) is 0 Å². The molecule has 20 heavy (non-hydrogen) atoms. The molecule has 1 aromatic rings. The van der Waals surface area contributed by atoms with Crippen LogP contribution in [0.15, 0.2) is 30.3 Å². The van der Waals surface area contributed by atoms with Gasteiger partial charge in [-0.1, -0.05) is 18.2 Å². The van der Waals surface area contributed by atoms with Gasteiger partial charge in [-0.2, -0.15) is 0 Å². The molecule has 0 saturated heterocycles. The Morgan fingerprint density at radius 2 is 1.90 bits per heavy atom. The number of benzene rings is 1. The van der Waals surface area contributed by atoms with Gasteiger partial charge >= 0.3 is 5.97 Å². The zero-order chi connectivity index (χ0) is 14.5. The summed E-state index contributed by atoms with van der Waals surface area (Å²) in [6, 6.07) is 9.77. The molecule has 0 atom stereocenters. The number of anilines is 1. The summed E-state index contributed by atoms with van der Waals surface area (Å²) in [6.45, 7) is 2.72. The van der Waals surface area contributed by atoms with Crippen molar-refractivity contribution >= 4 is 11.7 Å². The lowest BCUT2D eigenvalue weighted by atomic mass is 10.3. The maximum atomic E-state index is 11.4. The lowest BCUT2D eigenvalue weighted by Crippen LogP contribution is -2.13. The molecule has 0 aromatic heterocycles. The fourth-order valence-corrected chi connectivity index (χ4v) is 1.53. The summed E-state index contributed by atoms with van der Waals surface area (Å²) in [7, 11) is 1.63. The summed E-state index contributed by atoms with van der Waals surface area (Å²) in [5.74, 6) is -0.190. The molecule has 0 aliphatic rings. The van der Waals surface area contributed by atoms with E-state index in [0.29, 0.717) is 45.8 Å². The first-order valence-electron chi connectivity index (χ1n) is 6.84. The highest BCUT2D eigenvalue weighted by Gasteiger charge is 2.02. The molecule has 0 amide bonds. The largest absolute Gasteiger partial charge is 0.466 e. The van der Waals surface area contributed by atoms with Crippen LogP contribution in [-0.4, -0.2) is 46.1 Å². The number of methoxy groups -OCH3 is 1. The monoisotopic (exact) mass is 281 g/mol. The molecule has 0 aliphatic heterocycles. The number of esters is 1. The van der Waals surface area contributed by atoms with Crippen LogP contribution < -0.4 is 5.32 Å². The minimum Gasteiger partial charge on any atom is -0.466 e. The first-order valence-corrected chi connectivity index (χ1v) is 6.84. The Balaban J connectivity index is 1.93. The summed E-state index contributed by atoms with van der Waals surface area (Å²) in [5.41, 5.74) is 1.01. The average Bonchev–Trinajstić information content (AvgIpc) is 2.47. The Hall–Kier alpha value is -1.59. The number of rotatable bonds is 11. The number of hydrogen-bond acceptors (Lipinski definition) is 5. The minimum absolute atomic E-state index is 0.190. The lowest BCUT2D eigenvalue weighted by molar-refractivity contribution is -0.143. The molecular formula is C15H23NO4. The first-order chi connectivity index (χ1) is 9.83. The second kappa shape index (κ2) is 11.3. The molecule has 0 bridgehead atoms. The van der Waals surface area contributed by atoms with E-state index < -0.39 is 0 Å². The van der Waals surface area contributed by atoms with Crippen molar-refractivity contribution in [2.75, 3.05) is 45.4 Å². The highest BCUT2D eigenvalue weighted by atomic mass is 16.5. The normalized spacial score (nSPS) is 10.2. The van der Waals surface area contributed by atoms with Gasteiger partial charge in [0, 0.05) is 32.4 Å². The van der Waals surface area contributed by atoms with E-state index in [2.05, 4.69) is 5.32 Å². The van der Waals surface area contributed by atoms with E-state index in [4.69, 9.17) is 14.2 Å². The summed E-state index contributed by atoms with van der Waals surface area (Å²) < 4.78 is 15.2. The molecule has 5 nitrogen and oxygen atoms in total. The van der Waals surface area contributed by atoms with E-state index >= 15 is 0 Å². The highest BCUT2D eigenvalue weighted by Crippen LogP contribution is 2.04. The molecule has 0 radical (unpaired) electrons. The number of nitrogens with one attached hydrogen (secondary N) is 1. The fourth-order valence-electron chi connectivity index (χ4n) is 1.53. The second-order valence-corrected chi connectivity index (χ2v) is 4.22. The average molecular weight is 281 g/mol. The smallest absolute Gasteiger partial charge is 0.307 e. The van der Waals surface area contributed by atoms with Gasteiger partial charge < -0.3 is 19.5 Å². The fraction of sp³-hybridized carbons (Fsp3) is 0.533. The third kappa shape index (κ3) is 8.50. The van der Waals surface area contributed by atoms with Crippen molar-refractivity contribution in [1.29, 1.82) is 0 Å². The molecule has 1 rings (SSSR count). The number of hydrogen-bond donors (Lipinski definition) is 1. The third-order valence-electron chi connectivity index (χ3n) is 2.56. The van der Waals surface area contributed by atoms with Crippen LogP contribution in [-0.2, 0) is 19.0 Å². The van der Waals surface area contributed by atoms with Gasteiger partial charge in [0.2, 0.25) is 0 Å².